The van der Waals surface area contributed by atoms with Gasteiger partial charge < -0.3 is 20.6 Å². The van der Waals surface area contributed by atoms with Gasteiger partial charge in [-0.25, -0.2) is 4.79 Å². The van der Waals surface area contributed by atoms with Crippen molar-refractivity contribution in [2.24, 2.45) is 5.73 Å². The maximum atomic E-state index is 12.0. The van der Waals surface area contributed by atoms with E-state index in [9.17, 15) is 19.5 Å². The second-order valence-corrected chi connectivity index (χ2v) is 6.42. The molecule has 4 rings (SSSR count). The molecule has 1 aromatic heterocycles. The normalized spacial score (nSPS) is 21.7. The summed E-state index contributed by atoms with van der Waals surface area (Å²) in [5, 5.41) is 11.8. The Morgan fingerprint density at radius 1 is 1.35 bits per heavy atom. The Morgan fingerprint density at radius 3 is 2.87 bits per heavy atom. The van der Waals surface area contributed by atoms with Crippen molar-refractivity contribution in [2.45, 2.75) is 17.7 Å². The van der Waals surface area contributed by atoms with Crippen molar-refractivity contribution < 1.29 is 19.1 Å². The topological polar surface area (TPSA) is 123 Å². The molecule has 0 spiro atoms. The lowest BCUT2D eigenvalue weighted by molar-refractivity contribution is -0.136. The first-order valence-electron chi connectivity index (χ1n) is 6.94. The van der Waals surface area contributed by atoms with Gasteiger partial charge in [-0.2, -0.15) is 0 Å². The minimum atomic E-state index is -1.05. The molecule has 3 heterocycles. The van der Waals surface area contributed by atoms with E-state index in [4.69, 9.17) is 10.2 Å². The van der Waals surface area contributed by atoms with Gasteiger partial charge in [0.25, 0.3) is 0 Å². The number of benzene rings is 1. The Balaban J connectivity index is 2.23. The SMILES string of the molecule is NC1CCSC(C(=O)O)c2cc(=O)oc3cc(ccc23)NC1=O. The van der Waals surface area contributed by atoms with E-state index < -0.39 is 22.9 Å². The third kappa shape index (κ3) is 3.08. The summed E-state index contributed by atoms with van der Waals surface area (Å²) in [6.07, 6.45) is 0.334. The molecule has 0 saturated carbocycles. The lowest BCUT2D eigenvalue weighted by Gasteiger charge is -2.18. The monoisotopic (exact) mass is 334 g/mol. The molecule has 0 fully saturated rings. The van der Waals surface area contributed by atoms with Crippen molar-refractivity contribution in [1.29, 1.82) is 0 Å². The van der Waals surface area contributed by atoms with Gasteiger partial charge >= 0.3 is 11.6 Å². The molecule has 4 N–H and O–H groups in total. The van der Waals surface area contributed by atoms with Crippen molar-refractivity contribution in [3.63, 3.8) is 0 Å². The van der Waals surface area contributed by atoms with Crippen molar-refractivity contribution in [1.82, 2.24) is 0 Å². The van der Waals surface area contributed by atoms with Gasteiger partial charge in [-0.1, -0.05) is 0 Å². The van der Waals surface area contributed by atoms with Crippen molar-refractivity contribution in [3.05, 3.63) is 40.2 Å². The van der Waals surface area contributed by atoms with Gasteiger partial charge in [0, 0.05) is 23.2 Å². The van der Waals surface area contributed by atoms with Crippen molar-refractivity contribution in [3.8, 4) is 0 Å². The second kappa shape index (κ2) is 6.05. The average Bonchev–Trinajstić information content (AvgIpc) is 2.48. The summed E-state index contributed by atoms with van der Waals surface area (Å²) in [5.41, 5.74) is 6.24. The van der Waals surface area contributed by atoms with Crippen LogP contribution in [0.5, 0.6) is 0 Å². The zero-order valence-electron chi connectivity index (χ0n) is 11.9. The number of anilines is 1. The van der Waals surface area contributed by atoms with E-state index in [-0.39, 0.29) is 11.5 Å². The number of carbonyl (C=O) groups excluding carboxylic acids is 1. The van der Waals surface area contributed by atoms with Gasteiger partial charge in [-0.3, -0.25) is 9.59 Å². The average molecular weight is 334 g/mol. The number of fused-ring (bicyclic) bond motifs is 7. The highest BCUT2D eigenvalue weighted by atomic mass is 32.2. The van der Waals surface area contributed by atoms with Crippen LogP contribution in [-0.4, -0.2) is 28.8 Å². The van der Waals surface area contributed by atoms with Crippen LogP contribution in [0.1, 0.15) is 17.2 Å². The summed E-state index contributed by atoms with van der Waals surface area (Å²) in [7, 11) is 0. The number of nitrogens with one attached hydrogen (secondary N) is 1. The quantitative estimate of drug-likeness (QED) is 0.672. The van der Waals surface area contributed by atoms with Crippen LogP contribution < -0.4 is 16.7 Å². The standard InChI is InChI=1S/C15H14N2O5S/c16-10-3-4-23-13(15(20)21)9-6-12(18)22-11-5-7(17-14(10)19)1-2-8(9)11/h1-2,5-6,10,13H,3-4,16H2,(H,17,19)(H,20,21). The van der Waals surface area contributed by atoms with Gasteiger partial charge in [-0.15, -0.1) is 11.8 Å². The van der Waals surface area contributed by atoms with E-state index in [0.717, 1.165) is 11.8 Å². The van der Waals surface area contributed by atoms with E-state index in [1.54, 1.807) is 12.1 Å². The molecule has 8 heteroatoms. The maximum Gasteiger partial charge on any atom is 0.336 e. The predicted octanol–water partition coefficient (Wildman–Crippen LogP) is 1.32. The van der Waals surface area contributed by atoms with E-state index in [1.807, 2.05) is 0 Å². The highest BCUT2D eigenvalue weighted by Crippen LogP contribution is 2.35. The molecule has 2 atom stereocenters. The summed E-state index contributed by atoms with van der Waals surface area (Å²) in [6.45, 7) is 0. The molecule has 0 saturated heterocycles. The molecule has 2 unspecified atom stereocenters. The Labute approximate surface area is 134 Å². The lowest BCUT2D eigenvalue weighted by atomic mass is 10.1. The van der Waals surface area contributed by atoms with E-state index in [2.05, 4.69) is 5.32 Å². The zero-order valence-corrected chi connectivity index (χ0v) is 12.8. The zero-order chi connectivity index (χ0) is 16.6. The van der Waals surface area contributed by atoms with Crippen LogP contribution in [0.15, 0.2) is 33.5 Å². The van der Waals surface area contributed by atoms with Crippen LogP contribution in [0.4, 0.5) is 5.69 Å². The Kier molecular flexibility index (Phi) is 4.10. The number of amides is 1. The van der Waals surface area contributed by atoms with Gasteiger partial charge in [0.05, 0.1) is 6.04 Å². The number of thioether (sulfide) groups is 1. The molecular weight excluding hydrogens is 320 g/mol. The highest BCUT2D eigenvalue weighted by Gasteiger charge is 2.26. The molecule has 23 heavy (non-hydrogen) atoms. The number of hydrogen-bond donors (Lipinski definition) is 3. The molecule has 2 aliphatic heterocycles. The van der Waals surface area contributed by atoms with Crippen LogP contribution in [0.25, 0.3) is 11.0 Å². The van der Waals surface area contributed by atoms with Gasteiger partial charge in [0.15, 0.2) is 0 Å². The third-order valence-electron chi connectivity index (χ3n) is 3.60. The summed E-state index contributed by atoms with van der Waals surface area (Å²) in [4.78, 5) is 35.4. The number of aliphatic carboxylic acids is 1. The number of rotatable bonds is 1. The summed E-state index contributed by atoms with van der Waals surface area (Å²) >= 11 is 1.13. The Morgan fingerprint density at radius 2 is 2.13 bits per heavy atom. The predicted molar refractivity (Wildman–Crippen MR) is 86.5 cm³/mol. The second-order valence-electron chi connectivity index (χ2n) is 5.21. The van der Waals surface area contributed by atoms with Gasteiger partial charge in [0.2, 0.25) is 5.91 Å². The van der Waals surface area contributed by atoms with Gasteiger partial charge in [0.1, 0.15) is 10.8 Å². The first-order valence-corrected chi connectivity index (χ1v) is 7.99. The van der Waals surface area contributed by atoms with E-state index >= 15 is 0 Å². The molecular formula is C15H14N2O5S. The molecule has 0 aliphatic carbocycles. The minimum absolute atomic E-state index is 0.228. The minimum Gasteiger partial charge on any atom is -0.480 e. The third-order valence-corrected chi connectivity index (χ3v) is 4.86. The molecule has 2 aromatic rings. The number of nitrogens with two attached hydrogens (primary N) is 1. The van der Waals surface area contributed by atoms with Crippen LogP contribution in [-0.2, 0) is 9.59 Å². The molecule has 120 valence electrons. The molecule has 2 aliphatic rings. The van der Waals surface area contributed by atoms with Gasteiger partial charge in [-0.05, 0) is 29.9 Å². The largest absolute Gasteiger partial charge is 0.480 e. The summed E-state index contributed by atoms with van der Waals surface area (Å²) in [5.74, 6) is -1.04. The number of carboxylic acid groups (broad SMARTS) is 1. The number of carboxylic acids is 1. The van der Waals surface area contributed by atoms with E-state index in [0.29, 0.717) is 28.8 Å². The molecule has 0 radical (unpaired) electrons. The first-order chi connectivity index (χ1) is 11.0. The van der Waals surface area contributed by atoms with Crippen LogP contribution >= 0.6 is 11.8 Å². The highest BCUT2D eigenvalue weighted by molar-refractivity contribution is 8.00. The summed E-state index contributed by atoms with van der Waals surface area (Å²) < 4.78 is 5.14. The fourth-order valence-corrected chi connectivity index (χ4v) is 3.60. The van der Waals surface area contributed by atoms with Crippen LogP contribution in [0.2, 0.25) is 0 Å². The maximum absolute atomic E-state index is 12.0. The molecule has 7 nitrogen and oxygen atoms in total. The van der Waals surface area contributed by atoms with Crippen LogP contribution in [0.3, 0.4) is 0 Å². The fourth-order valence-electron chi connectivity index (χ4n) is 2.46. The molecule has 4 bridgehead atoms. The summed E-state index contributed by atoms with van der Waals surface area (Å²) in [6, 6.07) is 5.22. The van der Waals surface area contributed by atoms with Crippen LogP contribution in [0, 0.1) is 0 Å². The van der Waals surface area contributed by atoms with E-state index in [1.165, 1.54) is 12.1 Å². The number of hydrogen-bond acceptors (Lipinski definition) is 6. The fraction of sp³-hybridized carbons (Fsp3) is 0.267. The smallest absolute Gasteiger partial charge is 0.336 e. The Hall–Kier alpha value is -2.32. The number of carbonyl (C=O) groups is 2. The Bertz CT molecular complexity index is 847. The molecule has 1 aromatic carbocycles. The van der Waals surface area contributed by atoms with Crippen molar-refractivity contribution >= 4 is 40.3 Å². The van der Waals surface area contributed by atoms with Crippen molar-refractivity contribution in [2.75, 3.05) is 11.1 Å². The first kappa shape index (κ1) is 15.6. The lowest BCUT2D eigenvalue weighted by Crippen LogP contribution is -2.36. The molecule has 1 amide bonds.